The molecular weight excluding hydrogens is 300 g/mol. The molecule has 148 valence electrons. The van der Waals surface area contributed by atoms with E-state index in [9.17, 15) is 0 Å². The molecule has 4 fully saturated rings. The molecule has 0 saturated heterocycles. The van der Waals surface area contributed by atoms with Crippen LogP contribution in [0.4, 0.5) is 0 Å². The molecule has 2 bridgehead atoms. The summed E-state index contributed by atoms with van der Waals surface area (Å²) in [6, 6.07) is 0. The van der Waals surface area contributed by atoms with E-state index in [0.717, 1.165) is 40.4 Å². The van der Waals surface area contributed by atoms with Crippen molar-refractivity contribution >= 4 is 0 Å². The summed E-state index contributed by atoms with van der Waals surface area (Å²) >= 11 is 0. The molecule has 4 saturated carbocycles. The lowest BCUT2D eigenvalue weighted by atomic mass is 9.35. The van der Waals surface area contributed by atoms with Crippen LogP contribution >= 0.6 is 0 Å². The van der Waals surface area contributed by atoms with Crippen molar-refractivity contribution in [3.63, 3.8) is 0 Å². The van der Waals surface area contributed by atoms with Crippen LogP contribution in [-0.2, 0) is 0 Å². The molecule has 3 unspecified atom stereocenters. The van der Waals surface area contributed by atoms with Crippen LogP contribution in [0, 0.1) is 45.8 Å². The summed E-state index contributed by atoms with van der Waals surface area (Å²) in [4.78, 5) is 0. The molecule has 0 heteroatoms. The summed E-state index contributed by atoms with van der Waals surface area (Å²) in [5, 5.41) is 0. The van der Waals surface area contributed by atoms with E-state index in [-0.39, 0.29) is 0 Å². The van der Waals surface area contributed by atoms with E-state index in [4.69, 9.17) is 0 Å². The standard InChI is InChI=1S/C23H42.C2H6/c1-8-19-12-23(18(6)7,20(19)16(2)3)15-21-10-9-11-22(13-21,14-21)17(4)5;1-2/h16-20H,8-15H2,1-7H3;1-2H3. The molecule has 0 heterocycles. The van der Waals surface area contributed by atoms with Crippen molar-refractivity contribution in [3.8, 4) is 0 Å². The van der Waals surface area contributed by atoms with Crippen LogP contribution in [0.3, 0.4) is 0 Å². The van der Waals surface area contributed by atoms with Gasteiger partial charge in [0.15, 0.2) is 0 Å². The van der Waals surface area contributed by atoms with E-state index < -0.39 is 0 Å². The SMILES string of the molecule is CC.CCC1CC(CC23CCCC(C(C)C)(C2)C3)(C(C)C)C1C(C)C. The van der Waals surface area contributed by atoms with Crippen molar-refractivity contribution in [2.45, 2.75) is 114 Å². The maximum Gasteiger partial charge on any atom is -0.0233 e. The summed E-state index contributed by atoms with van der Waals surface area (Å²) in [5.41, 5.74) is 2.13. The van der Waals surface area contributed by atoms with Gasteiger partial charge in [-0.2, -0.15) is 0 Å². The lowest BCUT2D eigenvalue weighted by molar-refractivity contribution is -0.198. The molecule has 4 aliphatic carbocycles. The molecule has 0 radical (unpaired) electrons. The summed E-state index contributed by atoms with van der Waals surface area (Å²) in [6.45, 7) is 21.5. The lowest BCUT2D eigenvalue weighted by Crippen LogP contribution is -2.60. The minimum absolute atomic E-state index is 0.662. The molecule has 4 rings (SSSR count). The Hall–Kier alpha value is 0. The van der Waals surface area contributed by atoms with Gasteiger partial charge in [-0.15, -0.1) is 0 Å². The molecule has 0 N–H and O–H groups in total. The van der Waals surface area contributed by atoms with Crippen LogP contribution in [0.1, 0.15) is 114 Å². The second-order valence-electron chi connectivity index (χ2n) is 10.9. The highest BCUT2D eigenvalue weighted by atomic mass is 14.7. The minimum atomic E-state index is 0.662. The van der Waals surface area contributed by atoms with Crippen molar-refractivity contribution in [3.05, 3.63) is 0 Å². The van der Waals surface area contributed by atoms with Gasteiger partial charge in [0, 0.05) is 0 Å². The van der Waals surface area contributed by atoms with Gasteiger partial charge in [0.25, 0.3) is 0 Å². The molecular formula is C25H48. The van der Waals surface area contributed by atoms with Crippen molar-refractivity contribution in [2.75, 3.05) is 0 Å². The molecule has 0 spiro atoms. The summed E-state index contributed by atoms with van der Waals surface area (Å²) in [7, 11) is 0. The molecule has 4 aliphatic rings. The van der Waals surface area contributed by atoms with E-state index in [2.05, 4.69) is 48.5 Å². The quantitative estimate of drug-likeness (QED) is 0.452. The first-order chi connectivity index (χ1) is 11.7. The van der Waals surface area contributed by atoms with Crippen LogP contribution in [0.25, 0.3) is 0 Å². The van der Waals surface area contributed by atoms with Gasteiger partial charge in [0.05, 0.1) is 0 Å². The highest BCUT2D eigenvalue weighted by Crippen LogP contribution is 2.73. The van der Waals surface area contributed by atoms with E-state index >= 15 is 0 Å². The van der Waals surface area contributed by atoms with Gasteiger partial charge in [0.1, 0.15) is 0 Å². The Kier molecular flexibility index (Phi) is 6.44. The van der Waals surface area contributed by atoms with E-state index in [1.807, 2.05) is 13.8 Å². The first kappa shape index (κ1) is 21.3. The smallest absolute Gasteiger partial charge is 0.0233 e. The van der Waals surface area contributed by atoms with Gasteiger partial charge in [-0.1, -0.05) is 75.2 Å². The van der Waals surface area contributed by atoms with E-state index in [1.165, 1.54) is 32.1 Å². The zero-order valence-electron chi connectivity index (χ0n) is 19.0. The van der Waals surface area contributed by atoms with Gasteiger partial charge >= 0.3 is 0 Å². The van der Waals surface area contributed by atoms with Crippen LogP contribution < -0.4 is 0 Å². The van der Waals surface area contributed by atoms with Crippen LogP contribution in [0.5, 0.6) is 0 Å². The van der Waals surface area contributed by atoms with Crippen molar-refractivity contribution in [2.24, 2.45) is 45.8 Å². The van der Waals surface area contributed by atoms with Crippen molar-refractivity contribution in [1.29, 1.82) is 0 Å². The Morgan fingerprint density at radius 3 is 1.92 bits per heavy atom. The third-order valence-corrected chi connectivity index (χ3v) is 8.97. The fourth-order valence-electron chi connectivity index (χ4n) is 7.90. The average molecular weight is 349 g/mol. The fraction of sp³-hybridized carbons (Fsp3) is 1.00. The Labute approximate surface area is 159 Å². The maximum atomic E-state index is 2.54. The number of hydrogen-bond donors (Lipinski definition) is 0. The van der Waals surface area contributed by atoms with E-state index in [1.54, 1.807) is 19.3 Å². The van der Waals surface area contributed by atoms with Gasteiger partial charge in [0.2, 0.25) is 0 Å². The number of fused-ring (bicyclic) bond motifs is 2. The fourth-order valence-corrected chi connectivity index (χ4v) is 7.90. The molecule has 0 aromatic carbocycles. The minimum Gasteiger partial charge on any atom is -0.0683 e. The van der Waals surface area contributed by atoms with Crippen molar-refractivity contribution < 1.29 is 0 Å². The molecule has 0 amide bonds. The van der Waals surface area contributed by atoms with Gasteiger partial charge in [-0.25, -0.2) is 0 Å². The second kappa shape index (κ2) is 7.55. The third-order valence-electron chi connectivity index (χ3n) is 8.97. The second-order valence-corrected chi connectivity index (χ2v) is 10.9. The Morgan fingerprint density at radius 2 is 1.48 bits per heavy atom. The molecule has 3 atom stereocenters. The predicted molar refractivity (Wildman–Crippen MR) is 113 cm³/mol. The Morgan fingerprint density at radius 1 is 0.880 bits per heavy atom. The highest BCUT2D eigenvalue weighted by Gasteiger charge is 2.64. The zero-order chi connectivity index (χ0) is 19.0. The van der Waals surface area contributed by atoms with Crippen molar-refractivity contribution in [1.82, 2.24) is 0 Å². The molecule has 0 nitrogen and oxygen atoms in total. The van der Waals surface area contributed by atoms with Crippen LogP contribution in [-0.4, -0.2) is 0 Å². The first-order valence-corrected chi connectivity index (χ1v) is 11.7. The molecule has 0 aliphatic heterocycles. The number of rotatable bonds is 6. The molecule has 0 aromatic rings. The normalized spacial score (nSPS) is 42.7. The number of hydrogen-bond acceptors (Lipinski definition) is 0. The largest absolute Gasteiger partial charge is 0.0683 e. The zero-order valence-corrected chi connectivity index (χ0v) is 19.0. The Bertz CT molecular complexity index is 423. The maximum absolute atomic E-state index is 2.54. The summed E-state index contributed by atoms with van der Waals surface area (Å²) in [6.07, 6.45) is 12.2. The topological polar surface area (TPSA) is 0 Å². The van der Waals surface area contributed by atoms with Gasteiger partial charge in [-0.05, 0) is 84.4 Å². The monoisotopic (exact) mass is 348 g/mol. The van der Waals surface area contributed by atoms with Crippen LogP contribution in [0.15, 0.2) is 0 Å². The first-order valence-electron chi connectivity index (χ1n) is 11.7. The highest BCUT2D eigenvalue weighted by molar-refractivity contribution is 5.14. The lowest BCUT2D eigenvalue weighted by Gasteiger charge is -2.69. The van der Waals surface area contributed by atoms with E-state index in [0.29, 0.717) is 5.41 Å². The van der Waals surface area contributed by atoms with Gasteiger partial charge in [-0.3, -0.25) is 0 Å². The average Bonchev–Trinajstić information content (AvgIpc) is 2.51. The summed E-state index contributed by atoms with van der Waals surface area (Å²) < 4.78 is 0. The summed E-state index contributed by atoms with van der Waals surface area (Å²) in [5.74, 6) is 4.62. The Balaban J connectivity index is 0.00000109. The predicted octanol–water partition coefficient (Wildman–Crippen LogP) is 8.35. The van der Waals surface area contributed by atoms with Gasteiger partial charge < -0.3 is 0 Å². The molecule has 0 aromatic heterocycles. The third kappa shape index (κ3) is 3.34. The van der Waals surface area contributed by atoms with Crippen LogP contribution in [0.2, 0.25) is 0 Å². The molecule has 25 heavy (non-hydrogen) atoms.